The molecule has 1 heterocycles. The van der Waals surface area contributed by atoms with Crippen LogP contribution in [0.25, 0.3) is 6.08 Å². The molecule has 0 atom stereocenters. The molecular formula is C20H16BrN3O4. The van der Waals surface area contributed by atoms with Crippen LogP contribution in [0.1, 0.15) is 16.7 Å². The molecule has 2 aromatic carbocycles. The maximum absolute atomic E-state index is 12.0. The lowest BCUT2D eigenvalue weighted by Crippen LogP contribution is -2.25. The van der Waals surface area contributed by atoms with Crippen LogP contribution in [0.5, 0.6) is 11.5 Å². The van der Waals surface area contributed by atoms with Crippen LogP contribution in [-0.4, -0.2) is 31.0 Å². The summed E-state index contributed by atoms with van der Waals surface area (Å²) in [4.78, 5) is 24.6. The second kappa shape index (κ2) is 8.15. The molecule has 0 unspecified atom stereocenters. The first-order valence-corrected chi connectivity index (χ1v) is 9.03. The molecule has 1 saturated heterocycles. The summed E-state index contributed by atoms with van der Waals surface area (Å²) in [6, 6.07) is 12.2. The van der Waals surface area contributed by atoms with E-state index in [9.17, 15) is 14.9 Å². The average Bonchev–Trinajstić information content (AvgIpc) is 2.94. The van der Waals surface area contributed by atoms with Gasteiger partial charge in [-0.05, 0) is 29.8 Å². The summed E-state index contributed by atoms with van der Waals surface area (Å²) in [6.07, 6.45) is 1.56. The summed E-state index contributed by atoms with van der Waals surface area (Å²) >= 11 is 3.45. The van der Waals surface area contributed by atoms with E-state index in [-0.39, 0.29) is 12.3 Å². The molecule has 0 saturated carbocycles. The van der Waals surface area contributed by atoms with E-state index in [0.29, 0.717) is 27.1 Å². The molecule has 1 N–H and O–H groups in total. The van der Waals surface area contributed by atoms with Crippen LogP contribution in [0.4, 0.5) is 4.79 Å². The van der Waals surface area contributed by atoms with Crippen molar-refractivity contribution in [3.8, 4) is 17.6 Å². The zero-order valence-corrected chi connectivity index (χ0v) is 16.7. The van der Waals surface area contributed by atoms with Crippen molar-refractivity contribution in [3.63, 3.8) is 0 Å². The lowest BCUT2D eigenvalue weighted by molar-refractivity contribution is -0.121. The zero-order valence-electron chi connectivity index (χ0n) is 15.2. The van der Waals surface area contributed by atoms with Crippen molar-refractivity contribution in [1.82, 2.24) is 10.2 Å². The molecule has 0 radical (unpaired) electrons. The van der Waals surface area contributed by atoms with Gasteiger partial charge in [0, 0.05) is 17.1 Å². The summed E-state index contributed by atoms with van der Waals surface area (Å²) in [6.45, 7) is 0.201. The maximum Gasteiger partial charge on any atom is 0.328 e. The normalized spacial score (nSPS) is 14.8. The number of nitrogens with zero attached hydrogens (tertiary/aromatic N) is 2. The smallest absolute Gasteiger partial charge is 0.328 e. The minimum Gasteiger partial charge on any atom is -0.493 e. The first kappa shape index (κ1) is 19.5. The molecule has 0 aliphatic carbocycles. The first-order valence-electron chi connectivity index (χ1n) is 8.23. The van der Waals surface area contributed by atoms with Gasteiger partial charge in [-0.3, -0.25) is 9.69 Å². The number of amides is 3. The highest BCUT2D eigenvalue weighted by molar-refractivity contribution is 9.10. The molecule has 0 aromatic heterocycles. The second-order valence-corrected chi connectivity index (χ2v) is 6.79. The molecule has 0 bridgehead atoms. The predicted molar refractivity (Wildman–Crippen MR) is 105 cm³/mol. The molecule has 0 spiro atoms. The molecule has 2 aromatic rings. The third-order valence-electron chi connectivity index (χ3n) is 4.19. The van der Waals surface area contributed by atoms with Gasteiger partial charge in [-0.15, -0.1) is 0 Å². The number of hydrogen-bond donors (Lipinski definition) is 1. The lowest BCUT2D eigenvalue weighted by Gasteiger charge is -2.13. The number of likely N-dealkylation sites (N-methyl/N-ethyl adjacent to an activating group) is 1. The number of ether oxygens (including phenoxy) is 2. The van der Waals surface area contributed by atoms with Crippen LogP contribution < -0.4 is 14.8 Å². The quantitative estimate of drug-likeness (QED) is 0.566. The van der Waals surface area contributed by atoms with Crippen molar-refractivity contribution >= 4 is 33.9 Å². The summed E-state index contributed by atoms with van der Waals surface area (Å²) in [5.41, 5.74) is 2.12. The number of imide groups is 1. The van der Waals surface area contributed by atoms with Crippen molar-refractivity contribution < 1.29 is 19.1 Å². The highest BCUT2D eigenvalue weighted by atomic mass is 79.9. The molecule has 1 aliphatic heterocycles. The van der Waals surface area contributed by atoms with Crippen molar-refractivity contribution in [2.75, 3.05) is 14.2 Å². The van der Waals surface area contributed by atoms with Gasteiger partial charge < -0.3 is 14.8 Å². The standard InChI is InChI=1S/C20H16BrN3O4/c1-24-19(25)16(23-20(24)26)7-14-8-17(27-2)18(9-15(14)21)28-11-13-6-4-3-5-12(13)10-22/h3-9H,11H2,1-2H3,(H,23,26)/b16-7+. The number of nitrogens with one attached hydrogen (secondary N) is 1. The topological polar surface area (TPSA) is 91.7 Å². The summed E-state index contributed by atoms with van der Waals surface area (Å²) in [5.74, 6) is 0.516. The SMILES string of the molecule is COc1cc(/C=C2/NC(=O)N(C)C2=O)c(Br)cc1OCc1ccccc1C#N. The van der Waals surface area contributed by atoms with E-state index in [1.807, 2.05) is 12.1 Å². The Bertz CT molecular complexity index is 1030. The Morgan fingerprint density at radius 3 is 2.64 bits per heavy atom. The lowest BCUT2D eigenvalue weighted by atomic mass is 10.1. The number of urea groups is 1. The van der Waals surface area contributed by atoms with Gasteiger partial charge in [-0.1, -0.05) is 34.1 Å². The largest absolute Gasteiger partial charge is 0.493 e. The Labute approximate surface area is 170 Å². The van der Waals surface area contributed by atoms with E-state index in [1.165, 1.54) is 14.2 Å². The molecular weight excluding hydrogens is 426 g/mol. The minimum absolute atomic E-state index is 0.173. The van der Waals surface area contributed by atoms with Crippen LogP contribution in [0.3, 0.4) is 0 Å². The van der Waals surface area contributed by atoms with E-state index < -0.39 is 11.9 Å². The molecule has 1 fully saturated rings. The number of carbonyl (C=O) groups is 2. The average molecular weight is 442 g/mol. The van der Waals surface area contributed by atoms with Gasteiger partial charge in [0.15, 0.2) is 11.5 Å². The Morgan fingerprint density at radius 1 is 1.25 bits per heavy atom. The molecule has 1 aliphatic rings. The molecule has 7 nitrogen and oxygen atoms in total. The Hall–Kier alpha value is -3.31. The Morgan fingerprint density at radius 2 is 2.00 bits per heavy atom. The number of nitriles is 1. The number of hydrogen-bond acceptors (Lipinski definition) is 5. The predicted octanol–water partition coefficient (Wildman–Crippen LogP) is 3.43. The number of benzene rings is 2. The van der Waals surface area contributed by atoms with Gasteiger partial charge in [-0.25, -0.2) is 4.79 Å². The van der Waals surface area contributed by atoms with E-state index >= 15 is 0 Å². The Kier molecular flexibility index (Phi) is 5.66. The molecule has 3 amide bonds. The highest BCUT2D eigenvalue weighted by Crippen LogP contribution is 2.35. The monoisotopic (exact) mass is 441 g/mol. The fourth-order valence-electron chi connectivity index (χ4n) is 2.62. The summed E-state index contributed by atoms with van der Waals surface area (Å²) in [5, 5.41) is 11.7. The van der Waals surface area contributed by atoms with Gasteiger partial charge in [0.1, 0.15) is 12.3 Å². The van der Waals surface area contributed by atoms with Gasteiger partial charge >= 0.3 is 6.03 Å². The third kappa shape index (κ3) is 3.85. The molecule has 28 heavy (non-hydrogen) atoms. The third-order valence-corrected chi connectivity index (χ3v) is 4.87. The van der Waals surface area contributed by atoms with Gasteiger partial charge in [0.05, 0.1) is 18.7 Å². The van der Waals surface area contributed by atoms with Gasteiger partial charge in [0.25, 0.3) is 5.91 Å². The number of rotatable bonds is 5. The zero-order chi connectivity index (χ0) is 20.3. The second-order valence-electron chi connectivity index (χ2n) is 5.93. The molecule has 142 valence electrons. The van der Waals surface area contributed by atoms with Crippen LogP contribution >= 0.6 is 15.9 Å². The summed E-state index contributed by atoms with van der Waals surface area (Å²) < 4.78 is 11.9. The van der Waals surface area contributed by atoms with Crippen LogP contribution in [0.2, 0.25) is 0 Å². The maximum atomic E-state index is 12.0. The van der Waals surface area contributed by atoms with E-state index in [1.54, 1.807) is 30.3 Å². The van der Waals surface area contributed by atoms with Crippen molar-refractivity contribution in [2.24, 2.45) is 0 Å². The highest BCUT2D eigenvalue weighted by Gasteiger charge is 2.30. The van der Waals surface area contributed by atoms with Crippen molar-refractivity contribution in [3.05, 3.63) is 63.3 Å². The van der Waals surface area contributed by atoms with Crippen molar-refractivity contribution in [2.45, 2.75) is 6.61 Å². The Balaban J connectivity index is 1.87. The van der Waals surface area contributed by atoms with Crippen molar-refractivity contribution in [1.29, 1.82) is 5.26 Å². The fourth-order valence-corrected chi connectivity index (χ4v) is 3.06. The van der Waals surface area contributed by atoms with Crippen LogP contribution in [0, 0.1) is 11.3 Å². The van der Waals surface area contributed by atoms with E-state index in [0.717, 1.165) is 10.5 Å². The number of carbonyl (C=O) groups excluding carboxylic acids is 2. The molecule has 8 heteroatoms. The fraction of sp³-hybridized carbons (Fsp3) is 0.150. The van der Waals surface area contributed by atoms with Crippen LogP contribution in [-0.2, 0) is 11.4 Å². The van der Waals surface area contributed by atoms with E-state index in [2.05, 4.69) is 27.3 Å². The van der Waals surface area contributed by atoms with Gasteiger partial charge in [0.2, 0.25) is 0 Å². The number of methoxy groups -OCH3 is 1. The van der Waals surface area contributed by atoms with Gasteiger partial charge in [-0.2, -0.15) is 5.26 Å². The summed E-state index contributed by atoms with van der Waals surface area (Å²) in [7, 11) is 2.91. The van der Waals surface area contributed by atoms with E-state index in [4.69, 9.17) is 9.47 Å². The first-order chi connectivity index (χ1) is 13.4. The molecule has 3 rings (SSSR count). The van der Waals surface area contributed by atoms with Crippen LogP contribution in [0.15, 0.2) is 46.6 Å². The number of halogens is 1. The minimum atomic E-state index is -0.476.